The van der Waals surface area contributed by atoms with Gasteiger partial charge in [-0.15, -0.1) is 0 Å². The smallest absolute Gasteiger partial charge is 0.306 e. The molecule has 0 heterocycles. The number of hydrogen-bond donors (Lipinski definition) is 1. The number of carbonyl (C=O) groups excluding carboxylic acids is 1. The van der Waals surface area contributed by atoms with Gasteiger partial charge in [0.1, 0.15) is 5.75 Å². The summed E-state index contributed by atoms with van der Waals surface area (Å²) in [5.74, 6) is -0.178. The molecule has 0 atom stereocenters. The van der Waals surface area contributed by atoms with Crippen molar-refractivity contribution in [3.05, 3.63) is 70.8 Å². The summed E-state index contributed by atoms with van der Waals surface area (Å²) in [4.78, 5) is 22.8. The standard InChI is InChI=1S/C19H16O4/c20-18(21)9-10-23-16-7-5-13(6-8-16)11-15-12-14-3-1-2-4-17(14)19(15)22/h1-8,11H,9-10,12H2,(H,20,21)/b15-11-. The summed E-state index contributed by atoms with van der Waals surface area (Å²) in [5.41, 5.74) is 3.56. The van der Waals surface area contributed by atoms with Crippen LogP contribution >= 0.6 is 0 Å². The Morgan fingerprint density at radius 1 is 1.13 bits per heavy atom. The minimum Gasteiger partial charge on any atom is -0.493 e. The fourth-order valence-electron chi connectivity index (χ4n) is 2.59. The molecule has 2 aromatic carbocycles. The molecule has 0 radical (unpaired) electrons. The fourth-order valence-corrected chi connectivity index (χ4v) is 2.59. The van der Waals surface area contributed by atoms with E-state index in [4.69, 9.17) is 9.84 Å². The van der Waals surface area contributed by atoms with Crippen molar-refractivity contribution in [3.8, 4) is 5.75 Å². The Morgan fingerprint density at radius 2 is 1.87 bits per heavy atom. The molecule has 1 aliphatic rings. The number of carboxylic acid groups (broad SMARTS) is 1. The van der Waals surface area contributed by atoms with Crippen LogP contribution in [0.4, 0.5) is 0 Å². The van der Waals surface area contributed by atoms with Crippen molar-refractivity contribution in [2.75, 3.05) is 6.61 Å². The van der Waals surface area contributed by atoms with Crippen molar-refractivity contribution < 1.29 is 19.4 Å². The second kappa shape index (κ2) is 6.48. The molecule has 0 saturated carbocycles. The number of benzene rings is 2. The zero-order valence-electron chi connectivity index (χ0n) is 12.5. The molecule has 0 fully saturated rings. The predicted molar refractivity (Wildman–Crippen MR) is 86.6 cm³/mol. The first-order valence-electron chi connectivity index (χ1n) is 7.41. The lowest BCUT2D eigenvalue weighted by Crippen LogP contribution is -2.04. The Balaban J connectivity index is 1.69. The molecule has 3 rings (SSSR count). The lowest BCUT2D eigenvalue weighted by molar-refractivity contribution is -0.137. The van der Waals surface area contributed by atoms with Gasteiger partial charge in [-0.3, -0.25) is 9.59 Å². The number of aliphatic carboxylic acids is 1. The van der Waals surface area contributed by atoms with Gasteiger partial charge in [-0.25, -0.2) is 0 Å². The van der Waals surface area contributed by atoms with Gasteiger partial charge in [-0.05, 0) is 29.3 Å². The van der Waals surface area contributed by atoms with Crippen LogP contribution in [0.2, 0.25) is 0 Å². The van der Waals surface area contributed by atoms with Crippen molar-refractivity contribution in [1.82, 2.24) is 0 Å². The number of carboxylic acids is 1. The number of carbonyl (C=O) groups is 2. The maximum atomic E-state index is 12.3. The number of Topliss-reactive ketones (excluding diaryl/α,β-unsaturated/α-hetero) is 1. The number of rotatable bonds is 5. The van der Waals surface area contributed by atoms with Crippen LogP contribution in [-0.4, -0.2) is 23.5 Å². The van der Waals surface area contributed by atoms with E-state index < -0.39 is 5.97 Å². The van der Waals surface area contributed by atoms with E-state index in [1.165, 1.54) is 0 Å². The molecule has 0 bridgehead atoms. The van der Waals surface area contributed by atoms with Crippen LogP contribution in [0, 0.1) is 0 Å². The van der Waals surface area contributed by atoms with Gasteiger partial charge in [0.2, 0.25) is 0 Å². The molecule has 0 aliphatic heterocycles. The quantitative estimate of drug-likeness (QED) is 0.860. The number of allylic oxidation sites excluding steroid dienone is 1. The van der Waals surface area contributed by atoms with E-state index in [2.05, 4.69) is 0 Å². The number of hydrogen-bond acceptors (Lipinski definition) is 3. The highest BCUT2D eigenvalue weighted by atomic mass is 16.5. The molecule has 0 aromatic heterocycles. The molecule has 0 amide bonds. The SMILES string of the molecule is O=C(O)CCOc1ccc(/C=C2/Cc3ccccc3C2=O)cc1. The average Bonchev–Trinajstić information content (AvgIpc) is 2.85. The average molecular weight is 308 g/mol. The molecule has 0 spiro atoms. The van der Waals surface area contributed by atoms with Gasteiger partial charge in [0.05, 0.1) is 13.0 Å². The maximum absolute atomic E-state index is 12.3. The second-order valence-electron chi connectivity index (χ2n) is 5.39. The predicted octanol–water partition coefficient (Wildman–Crippen LogP) is 3.36. The second-order valence-corrected chi connectivity index (χ2v) is 5.39. The summed E-state index contributed by atoms with van der Waals surface area (Å²) in [5, 5.41) is 8.57. The third-order valence-electron chi connectivity index (χ3n) is 3.74. The molecule has 4 nitrogen and oxygen atoms in total. The summed E-state index contributed by atoms with van der Waals surface area (Å²) < 4.78 is 5.35. The van der Waals surface area contributed by atoms with Crippen molar-refractivity contribution in [2.45, 2.75) is 12.8 Å². The van der Waals surface area contributed by atoms with Crippen molar-refractivity contribution in [3.63, 3.8) is 0 Å². The largest absolute Gasteiger partial charge is 0.493 e. The zero-order valence-corrected chi connectivity index (χ0v) is 12.5. The third-order valence-corrected chi connectivity index (χ3v) is 3.74. The molecule has 4 heteroatoms. The van der Waals surface area contributed by atoms with Crippen LogP contribution in [0.5, 0.6) is 5.75 Å². The fraction of sp³-hybridized carbons (Fsp3) is 0.158. The molecule has 116 valence electrons. The first-order valence-corrected chi connectivity index (χ1v) is 7.41. The Hall–Kier alpha value is -2.88. The van der Waals surface area contributed by atoms with Gasteiger partial charge >= 0.3 is 5.97 Å². The van der Waals surface area contributed by atoms with Crippen LogP contribution < -0.4 is 4.74 Å². The Bertz CT molecular complexity index is 772. The highest BCUT2D eigenvalue weighted by Crippen LogP contribution is 2.27. The minimum atomic E-state index is -0.884. The monoisotopic (exact) mass is 308 g/mol. The summed E-state index contributed by atoms with van der Waals surface area (Å²) >= 11 is 0. The van der Waals surface area contributed by atoms with Gasteiger partial charge in [-0.1, -0.05) is 36.4 Å². The normalized spacial score (nSPS) is 14.8. The molecule has 1 aliphatic carbocycles. The van der Waals surface area contributed by atoms with E-state index in [-0.39, 0.29) is 18.8 Å². The highest BCUT2D eigenvalue weighted by Gasteiger charge is 2.23. The Labute approximate surface area is 134 Å². The Morgan fingerprint density at radius 3 is 2.57 bits per heavy atom. The molecular weight excluding hydrogens is 292 g/mol. The minimum absolute atomic E-state index is 0.0292. The first kappa shape index (κ1) is 15.0. The molecule has 1 N–H and O–H groups in total. The third kappa shape index (κ3) is 3.48. The number of fused-ring (bicyclic) bond motifs is 1. The van der Waals surface area contributed by atoms with Crippen LogP contribution in [0.15, 0.2) is 54.1 Å². The molecule has 2 aromatic rings. The van der Waals surface area contributed by atoms with Crippen LogP contribution in [-0.2, 0) is 11.2 Å². The van der Waals surface area contributed by atoms with E-state index >= 15 is 0 Å². The Kier molecular flexibility index (Phi) is 4.24. The van der Waals surface area contributed by atoms with Crippen LogP contribution in [0.25, 0.3) is 6.08 Å². The summed E-state index contributed by atoms with van der Waals surface area (Å²) in [7, 11) is 0. The lowest BCUT2D eigenvalue weighted by atomic mass is 10.1. The molecule has 0 unspecified atom stereocenters. The summed E-state index contributed by atoms with van der Waals surface area (Å²) in [6.07, 6.45) is 2.52. The van der Waals surface area contributed by atoms with Crippen molar-refractivity contribution >= 4 is 17.8 Å². The van der Waals surface area contributed by atoms with E-state index in [1.54, 1.807) is 12.1 Å². The van der Waals surface area contributed by atoms with E-state index in [1.807, 2.05) is 42.5 Å². The van der Waals surface area contributed by atoms with Gasteiger partial charge < -0.3 is 9.84 Å². The highest BCUT2D eigenvalue weighted by molar-refractivity contribution is 6.15. The number of ether oxygens (including phenoxy) is 1. The van der Waals surface area contributed by atoms with Gasteiger partial charge in [0.15, 0.2) is 5.78 Å². The van der Waals surface area contributed by atoms with Crippen molar-refractivity contribution in [1.29, 1.82) is 0 Å². The van der Waals surface area contributed by atoms with E-state index in [0.717, 1.165) is 22.3 Å². The summed E-state index contributed by atoms with van der Waals surface area (Å²) in [6, 6.07) is 14.9. The van der Waals surface area contributed by atoms with Crippen LogP contribution in [0.3, 0.4) is 0 Å². The molecular formula is C19H16O4. The lowest BCUT2D eigenvalue weighted by Gasteiger charge is -2.04. The molecule has 23 heavy (non-hydrogen) atoms. The van der Waals surface area contributed by atoms with Crippen LogP contribution in [0.1, 0.15) is 27.9 Å². The van der Waals surface area contributed by atoms with E-state index in [9.17, 15) is 9.59 Å². The van der Waals surface area contributed by atoms with Crippen molar-refractivity contribution in [2.24, 2.45) is 0 Å². The number of ketones is 1. The van der Waals surface area contributed by atoms with Gasteiger partial charge in [0, 0.05) is 17.6 Å². The van der Waals surface area contributed by atoms with Gasteiger partial charge in [-0.2, -0.15) is 0 Å². The maximum Gasteiger partial charge on any atom is 0.306 e. The zero-order chi connectivity index (χ0) is 16.2. The topological polar surface area (TPSA) is 63.6 Å². The summed E-state index contributed by atoms with van der Waals surface area (Å²) in [6.45, 7) is 0.142. The van der Waals surface area contributed by atoms with Gasteiger partial charge in [0.25, 0.3) is 0 Å². The first-order chi connectivity index (χ1) is 11.1. The van der Waals surface area contributed by atoms with E-state index in [0.29, 0.717) is 12.2 Å². The molecule has 0 saturated heterocycles.